The molecule has 0 aromatic carbocycles. The lowest BCUT2D eigenvalue weighted by molar-refractivity contribution is 0.322. The van der Waals surface area contributed by atoms with E-state index in [9.17, 15) is 16.8 Å². The van der Waals surface area contributed by atoms with Crippen LogP contribution in [-0.4, -0.2) is 36.0 Å². The highest BCUT2D eigenvalue weighted by Crippen LogP contribution is 1.87. The highest BCUT2D eigenvalue weighted by molar-refractivity contribution is 8.13. The lowest BCUT2D eigenvalue weighted by Crippen LogP contribution is -2.02. The van der Waals surface area contributed by atoms with Gasteiger partial charge in [0.25, 0.3) is 10.1 Å². The molecule has 13 heavy (non-hydrogen) atoms. The fraction of sp³-hybridized carbons (Fsp3) is 1.00. The van der Waals surface area contributed by atoms with Crippen LogP contribution in [0.2, 0.25) is 0 Å². The zero-order valence-electron chi connectivity index (χ0n) is 7.65. The molecule has 0 radical (unpaired) electrons. The summed E-state index contributed by atoms with van der Waals surface area (Å²) in [6, 6.07) is 0. The molecule has 0 bridgehead atoms. The maximum Gasteiger partial charge on any atom is 0.264 e. The molecular weight excluding hydrogens is 240 g/mol. The number of halogens is 1. The van der Waals surface area contributed by atoms with Crippen LogP contribution in [0.1, 0.15) is 13.3 Å². The molecule has 0 N–H and O–H groups in total. The third-order valence-corrected chi connectivity index (χ3v) is 1.10. The fourth-order valence-electron chi connectivity index (χ4n) is 0.235. The monoisotopic (exact) mass is 252 g/mol. The van der Waals surface area contributed by atoms with Gasteiger partial charge < -0.3 is 0 Å². The first-order valence-electron chi connectivity index (χ1n) is 3.30. The van der Waals surface area contributed by atoms with Crippen molar-refractivity contribution in [1.82, 2.24) is 0 Å². The van der Waals surface area contributed by atoms with Crippen LogP contribution in [0, 0.1) is 0 Å². The second-order valence-electron chi connectivity index (χ2n) is 2.21. The fourth-order valence-corrected chi connectivity index (χ4v) is 0.704. The van der Waals surface area contributed by atoms with Gasteiger partial charge in [0.15, 0.2) is 0 Å². The van der Waals surface area contributed by atoms with Crippen molar-refractivity contribution in [2.45, 2.75) is 13.3 Å². The van der Waals surface area contributed by atoms with Gasteiger partial charge in [-0.15, -0.1) is 0 Å². The van der Waals surface area contributed by atoms with E-state index < -0.39 is 19.2 Å². The Morgan fingerprint density at radius 2 is 1.46 bits per heavy atom. The topological polar surface area (TPSA) is 77.5 Å². The van der Waals surface area contributed by atoms with Crippen LogP contribution in [0.3, 0.4) is 0 Å². The van der Waals surface area contributed by atoms with Crippen molar-refractivity contribution in [3.63, 3.8) is 0 Å². The summed E-state index contributed by atoms with van der Waals surface area (Å²) in [7, 11) is -1.88. The molecule has 0 fully saturated rings. The summed E-state index contributed by atoms with van der Waals surface area (Å²) in [6.07, 6.45) is 2.70. The molecule has 0 aromatic rings. The van der Waals surface area contributed by atoms with Gasteiger partial charge >= 0.3 is 0 Å². The molecule has 0 unspecified atom stereocenters. The highest BCUT2D eigenvalue weighted by atomic mass is 35.7. The summed E-state index contributed by atoms with van der Waals surface area (Å²) < 4.78 is 43.5. The zero-order chi connectivity index (χ0) is 11.1. The van der Waals surface area contributed by atoms with Crippen molar-refractivity contribution in [3.05, 3.63) is 0 Å². The van der Waals surface area contributed by atoms with Gasteiger partial charge in [0.1, 0.15) is 0 Å². The normalized spacial score (nSPS) is 11.7. The van der Waals surface area contributed by atoms with E-state index in [1.54, 1.807) is 0 Å². The predicted molar refractivity (Wildman–Crippen MR) is 51.8 cm³/mol. The largest absolute Gasteiger partial charge is 0.270 e. The summed E-state index contributed by atoms with van der Waals surface area (Å²) in [5, 5.41) is 0. The van der Waals surface area contributed by atoms with E-state index >= 15 is 0 Å². The minimum absolute atomic E-state index is 0.291. The van der Waals surface area contributed by atoms with Crippen molar-refractivity contribution in [1.29, 1.82) is 0 Å². The van der Waals surface area contributed by atoms with Crippen LogP contribution >= 0.6 is 10.7 Å². The quantitative estimate of drug-likeness (QED) is 0.542. The first kappa shape index (κ1) is 15.6. The molecule has 82 valence electrons. The molecule has 0 aromatic heterocycles. The van der Waals surface area contributed by atoms with Crippen LogP contribution in [0.4, 0.5) is 0 Å². The van der Waals surface area contributed by atoms with Gasteiger partial charge in [0.05, 0.1) is 19.1 Å². The summed E-state index contributed by atoms with van der Waals surface area (Å²) in [4.78, 5) is 0. The summed E-state index contributed by atoms with van der Waals surface area (Å²) >= 11 is 0. The second kappa shape index (κ2) is 6.58. The Morgan fingerprint density at radius 1 is 1.15 bits per heavy atom. The van der Waals surface area contributed by atoms with E-state index in [1.165, 1.54) is 0 Å². The van der Waals surface area contributed by atoms with E-state index in [0.717, 1.165) is 18.9 Å². The first-order chi connectivity index (χ1) is 5.56. The Hall–Kier alpha value is 0.150. The van der Waals surface area contributed by atoms with E-state index in [-0.39, 0.29) is 0 Å². The number of rotatable bonds is 3. The molecule has 0 rings (SSSR count). The second-order valence-corrected chi connectivity index (χ2v) is 6.90. The van der Waals surface area contributed by atoms with Crippen molar-refractivity contribution in [2.75, 3.05) is 19.1 Å². The molecule has 8 heteroatoms. The van der Waals surface area contributed by atoms with Crippen LogP contribution in [-0.2, 0) is 23.4 Å². The van der Waals surface area contributed by atoms with Crippen molar-refractivity contribution < 1.29 is 21.0 Å². The molecule has 0 saturated heterocycles. The number of hydrogen-bond acceptors (Lipinski definition) is 5. The third-order valence-electron chi connectivity index (χ3n) is 0.502. The van der Waals surface area contributed by atoms with Crippen LogP contribution in [0.15, 0.2) is 0 Å². The molecule has 0 atom stereocenters. The van der Waals surface area contributed by atoms with Crippen molar-refractivity contribution in [3.8, 4) is 0 Å². The van der Waals surface area contributed by atoms with Gasteiger partial charge in [-0.25, -0.2) is 8.42 Å². The molecule has 0 amide bonds. The Morgan fingerprint density at radius 3 is 1.54 bits per heavy atom. The van der Waals surface area contributed by atoms with Crippen molar-refractivity contribution >= 4 is 29.9 Å². The molecule has 0 saturated carbocycles. The Bertz CT molecular complexity index is 296. The average Bonchev–Trinajstić information content (AvgIpc) is 1.77. The molecule has 0 aliphatic heterocycles. The van der Waals surface area contributed by atoms with Crippen LogP contribution in [0.25, 0.3) is 0 Å². The third kappa shape index (κ3) is 47.2. The van der Waals surface area contributed by atoms with Crippen molar-refractivity contribution in [2.24, 2.45) is 0 Å². The van der Waals surface area contributed by atoms with E-state index in [2.05, 4.69) is 14.9 Å². The maximum atomic E-state index is 10.2. The summed E-state index contributed by atoms with van der Waals surface area (Å²) in [5.41, 5.74) is 0. The SMILES string of the molecule is CCCOS(C)(=O)=O.CS(=O)(=O)Cl. The molecule has 0 heterocycles. The van der Waals surface area contributed by atoms with Crippen LogP contribution in [0.5, 0.6) is 0 Å². The Kier molecular flexibility index (Phi) is 7.90. The molecule has 0 spiro atoms. The van der Waals surface area contributed by atoms with E-state index in [0.29, 0.717) is 6.61 Å². The van der Waals surface area contributed by atoms with Gasteiger partial charge in [0.2, 0.25) is 9.05 Å². The molecular formula is C5H13ClO5S2. The minimum atomic E-state index is -3.19. The van der Waals surface area contributed by atoms with Gasteiger partial charge in [0, 0.05) is 10.7 Å². The Balaban J connectivity index is 0. The highest BCUT2D eigenvalue weighted by Gasteiger charge is 1.96. The zero-order valence-corrected chi connectivity index (χ0v) is 10.0. The van der Waals surface area contributed by atoms with Gasteiger partial charge in [-0.3, -0.25) is 4.18 Å². The average molecular weight is 253 g/mol. The lowest BCUT2D eigenvalue weighted by atomic mass is 10.5. The molecule has 0 aliphatic rings. The van der Waals surface area contributed by atoms with E-state index in [1.807, 2.05) is 6.92 Å². The molecule has 0 aliphatic carbocycles. The predicted octanol–water partition coefficient (Wildman–Crippen LogP) is 0.557. The smallest absolute Gasteiger partial charge is 0.264 e. The number of hydrogen-bond donors (Lipinski definition) is 0. The van der Waals surface area contributed by atoms with Gasteiger partial charge in [-0.1, -0.05) is 6.92 Å². The van der Waals surface area contributed by atoms with Gasteiger partial charge in [-0.05, 0) is 6.42 Å². The maximum absolute atomic E-state index is 10.2. The first-order valence-corrected chi connectivity index (χ1v) is 7.83. The van der Waals surface area contributed by atoms with Crippen LogP contribution < -0.4 is 0 Å². The molecule has 5 nitrogen and oxygen atoms in total. The van der Waals surface area contributed by atoms with E-state index in [4.69, 9.17) is 0 Å². The minimum Gasteiger partial charge on any atom is -0.270 e. The summed E-state index contributed by atoms with van der Waals surface area (Å²) in [6.45, 7) is 2.14. The van der Waals surface area contributed by atoms with Gasteiger partial charge in [-0.2, -0.15) is 8.42 Å². The standard InChI is InChI=1S/C4H10O3S.CH3ClO2S/c1-3-4-7-8(2,5)6;1-5(2,3)4/h3-4H2,1-2H3;1H3. The summed E-state index contributed by atoms with van der Waals surface area (Å²) in [5.74, 6) is 0. The lowest BCUT2D eigenvalue weighted by Gasteiger charge is -1.94. The Labute approximate surface area is 83.6 Å².